The Kier molecular flexibility index (Phi) is 2.63. The number of aromatic hydroxyl groups is 1. The summed E-state index contributed by atoms with van der Waals surface area (Å²) in [6, 6.07) is 8.00. The molecule has 0 radical (unpaired) electrons. The third kappa shape index (κ3) is 1.76. The lowest BCUT2D eigenvalue weighted by Gasteiger charge is -2.04. The van der Waals surface area contributed by atoms with E-state index in [4.69, 9.17) is 5.26 Å². The van der Waals surface area contributed by atoms with Crippen molar-refractivity contribution in [2.75, 3.05) is 7.11 Å². The maximum atomic E-state index is 11.3. The Bertz CT molecular complexity index is 644. The molecular weight excluding hydrogens is 220 g/mol. The molecule has 0 aliphatic rings. The van der Waals surface area contributed by atoms with E-state index in [9.17, 15) is 9.90 Å². The van der Waals surface area contributed by atoms with Crippen LogP contribution in [-0.2, 0) is 4.74 Å². The maximum Gasteiger partial charge on any atom is 0.356 e. The molecule has 1 heterocycles. The number of methoxy groups -OCH3 is 1. The van der Waals surface area contributed by atoms with Crippen molar-refractivity contribution in [1.29, 1.82) is 5.26 Å². The zero-order valence-corrected chi connectivity index (χ0v) is 8.97. The third-order valence-corrected chi connectivity index (χ3v) is 2.33. The number of para-hydroxylation sites is 1. The Hall–Kier alpha value is -2.61. The van der Waals surface area contributed by atoms with Gasteiger partial charge in [0.1, 0.15) is 11.8 Å². The number of carbonyl (C=O) groups is 1. The molecule has 84 valence electrons. The van der Waals surface area contributed by atoms with Crippen LogP contribution in [0, 0.1) is 11.3 Å². The van der Waals surface area contributed by atoms with Gasteiger partial charge in [-0.2, -0.15) is 5.26 Å². The molecule has 1 aromatic heterocycles. The first-order valence-corrected chi connectivity index (χ1v) is 4.78. The topological polar surface area (TPSA) is 83.2 Å². The highest BCUT2D eigenvalue weighted by Crippen LogP contribution is 2.26. The van der Waals surface area contributed by atoms with Crippen LogP contribution in [0.15, 0.2) is 24.3 Å². The smallest absolute Gasteiger partial charge is 0.356 e. The van der Waals surface area contributed by atoms with Gasteiger partial charge in [0.2, 0.25) is 0 Å². The van der Waals surface area contributed by atoms with Crippen LogP contribution >= 0.6 is 0 Å². The molecule has 5 nitrogen and oxygen atoms in total. The van der Waals surface area contributed by atoms with Crippen LogP contribution < -0.4 is 0 Å². The number of fused-ring (bicyclic) bond motifs is 1. The highest BCUT2D eigenvalue weighted by molar-refractivity contribution is 5.95. The van der Waals surface area contributed by atoms with Crippen LogP contribution in [0.5, 0.6) is 5.75 Å². The SMILES string of the molecule is COC(=O)c1cc(O)c2cccc(C#N)c2n1. The van der Waals surface area contributed by atoms with Gasteiger partial charge in [0.05, 0.1) is 18.2 Å². The maximum absolute atomic E-state index is 11.3. The Labute approximate surface area is 96.9 Å². The van der Waals surface area contributed by atoms with Crippen LogP contribution in [0.4, 0.5) is 0 Å². The minimum atomic E-state index is -0.657. The van der Waals surface area contributed by atoms with Gasteiger partial charge in [-0.05, 0) is 12.1 Å². The van der Waals surface area contributed by atoms with E-state index in [2.05, 4.69) is 9.72 Å². The second-order valence-corrected chi connectivity index (χ2v) is 3.33. The molecule has 0 spiro atoms. The molecule has 0 saturated carbocycles. The summed E-state index contributed by atoms with van der Waals surface area (Å²) in [6.07, 6.45) is 0. The molecule has 2 rings (SSSR count). The van der Waals surface area contributed by atoms with E-state index in [0.29, 0.717) is 10.9 Å². The normalized spacial score (nSPS) is 9.88. The standard InChI is InChI=1S/C12H8N2O3/c1-17-12(16)9-5-10(15)8-4-2-3-7(6-13)11(8)14-9/h2-5H,1H3,(H,14,15). The number of hydrogen-bond acceptors (Lipinski definition) is 5. The lowest BCUT2D eigenvalue weighted by atomic mass is 10.1. The molecule has 0 unspecified atom stereocenters. The van der Waals surface area contributed by atoms with Crippen LogP contribution in [0.3, 0.4) is 0 Å². The van der Waals surface area contributed by atoms with Crippen molar-refractivity contribution in [1.82, 2.24) is 4.98 Å². The fraction of sp³-hybridized carbons (Fsp3) is 0.0833. The van der Waals surface area contributed by atoms with Gasteiger partial charge in [-0.1, -0.05) is 6.07 Å². The van der Waals surface area contributed by atoms with Crippen molar-refractivity contribution in [3.05, 3.63) is 35.5 Å². The van der Waals surface area contributed by atoms with Gasteiger partial charge in [0.25, 0.3) is 0 Å². The van der Waals surface area contributed by atoms with Crippen molar-refractivity contribution in [2.45, 2.75) is 0 Å². The van der Waals surface area contributed by atoms with Gasteiger partial charge in [-0.25, -0.2) is 9.78 Å². The second kappa shape index (κ2) is 4.10. The molecule has 17 heavy (non-hydrogen) atoms. The number of rotatable bonds is 1. The molecule has 0 bridgehead atoms. The van der Waals surface area contributed by atoms with Crippen LogP contribution in [0.2, 0.25) is 0 Å². The van der Waals surface area contributed by atoms with Crippen molar-refractivity contribution in [3.63, 3.8) is 0 Å². The lowest BCUT2D eigenvalue weighted by Crippen LogP contribution is -2.04. The minimum Gasteiger partial charge on any atom is -0.507 e. The molecule has 1 N–H and O–H groups in total. The van der Waals surface area contributed by atoms with Gasteiger partial charge in [0, 0.05) is 11.5 Å². The van der Waals surface area contributed by atoms with Crippen molar-refractivity contribution in [3.8, 4) is 11.8 Å². The van der Waals surface area contributed by atoms with Gasteiger partial charge in [-0.15, -0.1) is 0 Å². The highest BCUT2D eigenvalue weighted by Gasteiger charge is 2.13. The fourth-order valence-electron chi connectivity index (χ4n) is 1.53. The van der Waals surface area contributed by atoms with Gasteiger partial charge < -0.3 is 9.84 Å². The number of nitriles is 1. The van der Waals surface area contributed by atoms with Crippen LogP contribution in [0.25, 0.3) is 10.9 Å². The summed E-state index contributed by atoms with van der Waals surface area (Å²) in [5, 5.41) is 19.1. The van der Waals surface area contributed by atoms with Crippen LogP contribution in [-0.4, -0.2) is 23.2 Å². The fourth-order valence-corrected chi connectivity index (χ4v) is 1.53. The zero-order valence-electron chi connectivity index (χ0n) is 8.97. The second-order valence-electron chi connectivity index (χ2n) is 3.33. The predicted octanol–water partition coefficient (Wildman–Crippen LogP) is 1.60. The van der Waals surface area contributed by atoms with E-state index in [1.54, 1.807) is 18.2 Å². The van der Waals surface area contributed by atoms with Crippen molar-refractivity contribution < 1.29 is 14.6 Å². The number of esters is 1. The van der Waals surface area contributed by atoms with Gasteiger partial charge in [-0.3, -0.25) is 0 Å². The van der Waals surface area contributed by atoms with Gasteiger partial charge >= 0.3 is 5.97 Å². The quantitative estimate of drug-likeness (QED) is 0.749. The van der Waals surface area contributed by atoms with E-state index >= 15 is 0 Å². The van der Waals surface area contributed by atoms with E-state index in [1.807, 2.05) is 6.07 Å². The third-order valence-electron chi connectivity index (χ3n) is 2.33. The summed E-state index contributed by atoms with van der Waals surface area (Å²) in [5.41, 5.74) is 0.555. The van der Waals surface area contributed by atoms with E-state index in [0.717, 1.165) is 0 Å². The molecule has 0 aliphatic carbocycles. The zero-order chi connectivity index (χ0) is 12.4. The summed E-state index contributed by atoms with van der Waals surface area (Å²) in [6.45, 7) is 0. The number of hydrogen-bond donors (Lipinski definition) is 1. The first-order valence-electron chi connectivity index (χ1n) is 4.78. The predicted molar refractivity (Wildman–Crippen MR) is 59.5 cm³/mol. The lowest BCUT2D eigenvalue weighted by molar-refractivity contribution is 0.0594. The monoisotopic (exact) mass is 228 g/mol. The first kappa shape index (κ1) is 10.9. The van der Waals surface area contributed by atoms with Crippen molar-refractivity contribution >= 4 is 16.9 Å². The van der Waals surface area contributed by atoms with E-state index in [-0.39, 0.29) is 17.0 Å². The molecule has 2 aromatic rings. The number of ether oxygens (including phenoxy) is 1. The average Bonchev–Trinajstić information content (AvgIpc) is 2.37. The van der Waals surface area contributed by atoms with Crippen molar-refractivity contribution in [2.24, 2.45) is 0 Å². The Morgan fingerprint density at radius 3 is 2.94 bits per heavy atom. The number of aromatic nitrogens is 1. The van der Waals surface area contributed by atoms with E-state index < -0.39 is 5.97 Å². The molecule has 0 fully saturated rings. The molecule has 0 amide bonds. The molecule has 5 heteroatoms. The van der Waals surface area contributed by atoms with Gasteiger partial charge in [0.15, 0.2) is 5.69 Å². The highest BCUT2D eigenvalue weighted by atomic mass is 16.5. The largest absolute Gasteiger partial charge is 0.507 e. The summed E-state index contributed by atoms with van der Waals surface area (Å²) in [7, 11) is 1.22. The average molecular weight is 228 g/mol. The summed E-state index contributed by atoms with van der Waals surface area (Å²) in [5.74, 6) is -0.762. The first-order chi connectivity index (χ1) is 8.17. The molecule has 0 aliphatic heterocycles. The minimum absolute atomic E-state index is 0.0276. The molecular formula is C12H8N2O3. The van der Waals surface area contributed by atoms with Crippen LogP contribution in [0.1, 0.15) is 16.1 Å². The summed E-state index contributed by atoms with van der Waals surface area (Å²) >= 11 is 0. The molecule has 0 saturated heterocycles. The summed E-state index contributed by atoms with van der Waals surface area (Å²) < 4.78 is 4.52. The number of nitrogens with zero attached hydrogens (tertiary/aromatic N) is 2. The number of carbonyl (C=O) groups excluding carboxylic acids is 1. The Morgan fingerprint density at radius 1 is 1.53 bits per heavy atom. The number of pyridine rings is 1. The number of benzene rings is 1. The summed E-state index contributed by atoms with van der Waals surface area (Å²) in [4.78, 5) is 15.4. The Balaban J connectivity index is 2.80. The molecule has 0 atom stereocenters. The molecule has 1 aromatic carbocycles. The Morgan fingerprint density at radius 2 is 2.29 bits per heavy atom. The van der Waals surface area contributed by atoms with E-state index in [1.165, 1.54) is 13.2 Å².